The lowest BCUT2D eigenvalue weighted by Gasteiger charge is -2.15. The highest BCUT2D eigenvalue weighted by atomic mass is 16.5. The highest BCUT2D eigenvalue weighted by Gasteiger charge is 2.24. The fourth-order valence-electron chi connectivity index (χ4n) is 2.31. The number of ether oxygens (including phenoxy) is 4. The van der Waals surface area contributed by atoms with E-state index >= 15 is 0 Å². The summed E-state index contributed by atoms with van der Waals surface area (Å²) < 4.78 is 21.9. The van der Waals surface area contributed by atoms with E-state index < -0.39 is 0 Å². The second kappa shape index (κ2) is 12.4. The van der Waals surface area contributed by atoms with Gasteiger partial charge in [-0.15, -0.1) is 0 Å². The van der Waals surface area contributed by atoms with Crippen molar-refractivity contribution < 1.29 is 18.9 Å². The van der Waals surface area contributed by atoms with Crippen LogP contribution in [0, 0.1) is 5.92 Å². The maximum absolute atomic E-state index is 5.97. The first-order chi connectivity index (χ1) is 10.2. The fraction of sp³-hybridized carbons (Fsp3) is 1.00. The van der Waals surface area contributed by atoms with Crippen LogP contribution >= 0.6 is 0 Å². The molecule has 0 radical (unpaired) electrons. The molecule has 1 rings (SSSR count). The van der Waals surface area contributed by atoms with Gasteiger partial charge in [-0.25, -0.2) is 0 Å². The first-order valence-corrected chi connectivity index (χ1v) is 8.23. The van der Waals surface area contributed by atoms with E-state index in [1.165, 1.54) is 0 Å². The van der Waals surface area contributed by atoms with Crippen molar-refractivity contribution in [3.8, 4) is 0 Å². The molecule has 5 nitrogen and oxygen atoms in total. The predicted octanol–water partition coefficient (Wildman–Crippen LogP) is 1.85. The van der Waals surface area contributed by atoms with Crippen LogP contribution in [0.5, 0.6) is 0 Å². The molecule has 0 aliphatic carbocycles. The van der Waals surface area contributed by atoms with Crippen molar-refractivity contribution in [3.63, 3.8) is 0 Å². The second-order valence-electron chi connectivity index (χ2n) is 6.04. The molecule has 0 aromatic heterocycles. The number of hydrogen-bond acceptors (Lipinski definition) is 5. The third-order valence-corrected chi connectivity index (χ3v) is 3.43. The van der Waals surface area contributed by atoms with Gasteiger partial charge in [0.1, 0.15) is 0 Å². The van der Waals surface area contributed by atoms with E-state index in [4.69, 9.17) is 18.9 Å². The van der Waals surface area contributed by atoms with Gasteiger partial charge in [-0.1, -0.05) is 13.8 Å². The number of hydrogen-bond donors (Lipinski definition) is 1. The first-order valence-electron chi connectivity index (χ1n) is 8.23. The van der Waals surface area contributed by atoms with Crippen molar-refractivity contribution in [3.05, 3.63) is 0 Å². The topological polar surface area (TPSA) is 49.0 Å². The van der Waals surface area contributed by atoms with Crippen LogP contribution in [0.25, 0.3) is 0 Å². The summed E-state index contributed by atoms with van der Waals surface area (Å²) in [6, 6.07) is 0. The van der Waals surface area contributed by atoms with Crippen molar-refractivity contribution in [1.29, 1.82) is 0 Å². The van der Waals surface area contributed by atoms with E-state index in [-0.39, 0.29) is 6.10 Å². The van der Waals surface area contributed by atoms with E-state index in [9.17, 15) is 0 Å². The van der Waals surface area contributed by atoms with Crippen LogP contribution in [0.4, 0.5) is 0 Å². The van der Waals surface area contributed by atoms with E-state index in [1.807, 2.05) is 0 Å². The standard InChI is InChI=1S/C16H33NO4/c1-14(2)11-17-12-15-5-6-16(21-15)13-20-8-4-7-19-10-9-18-3/h14-17H,4-13H2,1-3H3. The maximum atomic E-state index is 5.97. The molecular formula is C16H33NO4. The summed E-state index contributed by atoms with van der Waals surface area (Å²) in [6.07, 6.45) is 3.80. The molecular weight excluding hydrogens is 270 g/mol. The third kappa shape index (κ3) is 10.2. The van der Waals surface area contributed by atoms with Gasteiger partial charge in [0.15, 0.2) is 0 Å². The van der Waals surface area contributed by atoms with Gasteiger partial charge >= 0.3 is 0 Å². The van der Waals surface area contributed by atoms with Crippen LogP contribution in [-0.4, -0.2) is 65.4 Å². The molecule has 1 aliphatic heterocycles. The molecule has 0 spiro atoms. The lowest BCUT2D eigenvalue weighted by Crippen LogP contribution is -2.30. The molecule has 126 valence electrons. The Hall–Kier alpha value is -0.200. The summed E-state index contributed by atoms with van der Waals surface area (Å²) in [5, 5.41) is 3.46. The lowest BCUT2D eigenvalue weighted by molar-refractivity contribution is -0.0197. The Bertz CT molecular complexity index is 238. The average molecular weight is 303 g/mol. The summed E-state index contributed by atoms with van der Waals surface area (Å²) >= 11 is 0. The van der Waals surface area contributed by atoms with Crippen LogP contribution in [0.2, 0.25) is 0 Å². The van der Waals surface area contributed by atoms with Gasteiger partial charge in [-0.2, -0.15) is 0 Å². The Labute approximate surface area is 129 Å². The largest absolute Gasteiger partial charge is 0.382 e. The molecule has 0 saturated carbocycles. The zero-order valence-electron chi connectivity index (χ0n) is 13.9. The quantitative estimate of drug-likeness (QED) is 0.526. The molecule has 1 saturated heterocycles. The van der Waals surface area contributed by atoms with Crippen LogP contribution in [0.3, 0.4) is 0 Å². The summed E-state index contributed by atoms with van der Waals surface area (Å²) in [5.74, 6) is 0.691. The Morgan fingerprint density at radius 3 is 2.57 bits per heavy atom. The monoisotopic (exact) mass is 303 g/mol. The van der Waals surface area contributed by atoms with Crippen molar-refractivity contribution in [2.75, 3.05) is 53.2 Å². The van der Waals surface area contributed by atoms with Crippen LogP contribution in [-0.2, 0) is 18.9 Å². The molecule has 0 aromatic rings. The first kappa shape index (κ1) is 18.8. The van der Waals surface area contributed by atoms with Gasteiger partial charge < -0.3 is 24.3 Å². The zero-order chi connectivity index (χ0) is 15.3. The maximum Gasteiger partial charge on any atom is 0.0813 e. The van der Waals surface area contributed by atoms with Crippen molar-refractivity contribution in [2.24, 2.45) is 5.92 Å². The number of rotatable bonds is 13. The SMILES string of the molecule is COCCOCCCOCC1CCC(CNCC(C)C)O1. The molecule has 0 aromatic carbocycles. The summed E-state index contributed by atoms with van der Waals surface area (Å²) in [5.41, 5.74) is 0. The molecule has 0 amide bonds. The molecule has 1 heterocycles. The fourth-order valence-corrected chi connectivity index (χ4v) is 2.31. The van der Waals surface area contributed by atoms with Gasteiger partial charge in [-0.3, -0.25) is 0 Å². The Morgan fingerprint density at radius 1 is 1.05 bits per heavy atom. The van der Waals surface area contributed by atoms with Crippen molar-refractivity contribution >= 4 is 0 Å². The van der Waals surface area contributed by atoms with Gasteiger partial charge in [0.2, 0.25) is 0 Å². The molecule has 21 heavy (non-hydrogen) atoms. The summed E-state index contributed by atoms with van der Waals surface area (Å²) in [7, 11) is 1.68. The molecule has 5 heteroatoms. The summed E-state index contributed by atoms with van der Waals surface area (Å²) in [4.78, 5) is 0. The Balaban J connectivity index is 1.88. The normalized spacial score (nSPS) is 22.3. The molecule has 2 atom stereocenters. The predicted molar refractivity (Wildman–Crippen MR) is 83.7 cm³/mol. The van der Waals surface area contributed by atoms with E-state index in [0.717, 1.165) is 45.6 Å². The smallest absolute Gasteiger partial charge is 0.0813 e. The molecule has 1 fully saturated rings. The number of nitrogens with one attached hydrogen (secondary N) is 1. The van der Waals surface area contributed by atoms with Crippen molar-refractivity contribution in [2.45, 2.75) is 45.3 Å². The second-order valence-corrected chi connectivity index (χ2v) is 6.04. The molecule has 2 unspecified atom stereocenters. The van der Waals surface area contributed by atoms with Crippen molar-refractivity contribution in [1.82, 2.24) is 5.32 Å². The van der Waals surface area contributed by atoms with E-state index in [0.29, 0.717) is 31.8 Å². The van der Waals surface area contributed by atoms with Crippen LogP contribution in [0.15, 0.2) is 0 Å². The van der Waals surface area contributed by atoms with Gasteiger partial charge in [0, 0.05) is 26.9 Å². The van der Waals surface area contributed by atoms with Gasteiger partial charge in [0.25, 0.3) is 0 Å². The van der Waals surface area contributed by atoms with E-state index in [2.05, 4.69) is 19.2 Å². The van der Waals surface area contributed by atoms with Crippen LogP contribution < -0.4 is 5.32 Å². The number of methoxy groups -OCH3 is 1. The molecule has 1 N–H and O–H groups in total. The molecule has 0 bridgehead atoms. The average Bonchev–Trinajstić information content (AvgIpc) is 2.89. The minimum absolute atomic E-state index is 0.269. The van der Waals surface area contributed by atoms with Gasteiger partial charge in [0.05, 0.1) is 32.0 Å². The summed E-state index contributed by atoms with van der Waals surface area (Å²) in [6.45, 7) is 9.96. The van der Waals surface area contributed by atoms with Gasteiger partial charge in [-0.05, 0) is 31.7 Å². The lowest BCUT2D eigenvalue weighted by atomic mass is 10.2. The molecule has 1 aliphatic rings. The Kier molecular flexibility index (Phi) is 11.1. The highest BCUT2D eigenvalue weighted by molar-refractivity contribution is 4.75. The third-order valence-electron chi connectivity index (χ3n) is 3.43. The van der Waals surface area contributed by atoms with Crippen LogP contribution in [0.1, 0.15) is 33.1 Å². The Morgan fingerprint density at radius 2 is 1.81 bits per heavy atom. The van der Waals surface area contributed by atoms with E-state index in [1.54, 1.807) is 7.11 Å². The minimum Gasteiger partial charge on any atom is -0.382 e. The minimum atomic E-state index is 0.269. The highest BCUT2D eigenvalue weighted by Crippen LogP contribution is 2.19. The zero-order valence-corrected chi connectivity index (χ0v) is 13.9.